The Morgan fingerprint density at radius 3 is 2.79 bits per heavy atom. The molecule has 1 aromatic carbocycles. The van der Waals surface area contributed by atoms with Crippen molar-refractivity contribution in [2.24, 2.45) is 5.92 Å². The average Bonchev–Trinajstić information content (AvgIpc) is 3.16. The third-order valence-electron chi connectivity index (χ3n) is 4.92. The number of fused-ring (bicyclic) bond motifs is 1. The highest BCUT2D eigenvalue weighted by molar-refractivity contribution is 5.35. The molecule has 0 aromatic heterocycles. The van der Waals surface area contributed by atoms with Gasteiger partial charge in [-0.2, -0.15) is 0 Å². The van der Waals surface area contributed by atoms with Crippen molar-refractivity contribution in [2.75, 3.05) is 0 Å². The SMILES string of the molecule is CCCC1CC1NC(C)c1ccc2c(c1)CCCC2. The van der Waals surface area contributed by atoms with Crippen LogP contribution in [0.15, 0.2) is 18.2 Å². The van der Waals surface area contributed by atoms with Crippen molar-refractivity contribution in [3.8, 4) is 0 Å². The summed E-state index contributed by atoms with van der Waals surface area (Å²) in [6.07, 6.45) is 9.45. The van der Waals surface area contributed by atoms with Gasteiger partial charge in [-0.1, -0.05) is 31.5 Å². The van der Waals surface area contributed by atoms with E-state index in [-0.39, 0.29) is 0 Å². The lowest BCUT2D eigenvalue weighted by Crippen LogP contribution is -2.22. The van der Waals surface area contributed by atoms with Crippen molar-refractivity contribution in [3.05, 3.63) is 34.9 Å². The highest BCUT2D eigenvalue weighted by Crippen LogP contribution is 2.36. The lowest BCUT2D eigenvalue weighted by molar-refractivity contribution is 0.529. The first-order chi connectivity index (χ1) is 9.28. The van der Waals surface area contributed by atoms with Crippen molar-refractivity contribution >= 4 is 0 Å². The molecule has 0 radical (unpaired) electrons. The van der Waals surface area contributed by atoms with Gasteiger partial charge in [-0.15, -0.1) is 0 Å². The molecule has 3 rings (SSSR count). The van der Waals surface area contributed by atoms with Gasteiger partial charge in [-0.3, -0.25) is 0 Å². The van der Waals surface area contributed by atoms with Gasteiger partial charge in [0.2, 0.25) is 0 Å². The Bertz CT molecular complexity index is 437. The van der Waals surface area contributed by atoms with E-state index in [0.29, 0.717) is 6.04 Å². The van der Waals surface area contributed by atoms with Crippen molar-refractivity contribution in [3.63, 3.8) is 0 Å². The zero-order valence-electron chi connectivity index (χ0n) is 12.4. The molecule has 1 aromatic rings. The lowest BCUT2D eigenvalue weighted by atomic mass is 9.89. The van der Waals surface area contributed by atoms with Gasteiger partial charge in [0, 0.05) is 12.1 Å². The first kappa shape index (κ1) is 13.2. The second-order valence-corrected chi connectivity index (χ2v) is 6.51. The van der Waals surface area contributed by atoms with E-state index in [1.54, 1.807) is 11.1 Å². The summed E-state index contributed by atoms with van der Waals surface area (Å²) >= 11 is 0. The van der Waals surface area contributed by atoms with Crippen LogP contribution < -0.4 is 5.32 Å². The van der Waals surface area contributed by atoms with Crippen molar-refractivity contribution in [1.29, 1.82) is 0 Å². The van der Waals surface area contributed by atoms with E-state index in [9.17, 15) is 0 Å². The van der Waals surface area contributed by atoms with E-state index in [1.165, 1.54) is 50.5 Å². The minimum Gasteiger partial charge on any atom is -0.307 e. The van der Waals surface area contributed by atoms with Crippen LogP contribution in [0.4, 0.5) is 0 Å². The van der Waals surface area contributed by atoms with Crippen molar-refractivity contribution in [2.45, 2.75) is 70.9 Å². The molecule has 0 bridgehead atoms. The molecule has 19 heavy (non-hydrogen) atoms. The van der Waals surface area contributed by atoms with Gasteiger partial charge >= 0.3 is 0 Å². The molecule has 0 heterocycles. The standard InChI is InChI=1S/C18H27N/c1-3-6-17-12-18(17)19-13(2)15-10-9-14-7-4-5-8-16(14)11-15/h9-11,13,17-19H,3-8,12H2,1-2H3. The fourth-order valence-electron chi connectivity index (χ4n) is 3.58. The summed E-state index contributed by atoms with van der Waals surface area (Å²) in [5.41, 5.74) is 4.69. The zero-order chi connectivity index (χ0) is 13.2. The van der Waals surface area contributed by atoms with Crippen LogP contribution in [-0.4, -0.2) is 6.04 Å². The maximum atomic E-state index is 3.81. The van der Waals surface area contributed by atoms with Gasteiger partial charge in [0.05, 0.1) is 0 Å². The normalized spacial score (nSPS) is 26.8. The van der Waals surface area contributed by atoms with Gasteiger partial charge in [0.1, 0.15) is 0 Å². The van der Waals surface area contributed by atoms with Crippen molar-refractivity contribution in [1.82, 2.24) is 5.32 Å². The summed E-state index contributed by atoms with van der Waals surface area (Å²) in [4.78, 5) is 0. The zero-order valence-corrected chi connectivity index (χ0v) is 12.4. The highest BCUT2D eigenvalue weighted by Gasteiger charge is 2.36. The first-order valence-electron chi connectivity index (χ1n) is 8.15. The van der Waals surface area contributed by atoms with E-state index in [0.717, 1.165) is 12.0 Å². The summed E-state index contributed by atoms with van der Waals surface area (Å²) in [6.45, 7) is 4.62. The molecule has 1 fully saturated rings. The number of nitrogens with one attached hydrogen (secondary N) is 1. The number of aryl methyl sites for hydroxylation is 2. The third-order valence-corrected chi connectivity index (χ3v) is 4.92. The molecule has 0 spiro atoms. The Hall–Kier alpha value is -0.820. The van der Waals surface area contributed by atoms with Crippen LogP contribution in [0.2, 0.25) is 0 Å². The monoisotopic (exact) mass is 257 g/mol. The minimum absolute atomic E-state index is 0.513. The number of benzene rings is 1. The van der Waals surface area contributed by atoms with Crippen LogP contribution in [0.5, 0.6) is 0 Å². The number of hydrogen-bond donors (Lipinski definition) is 1. The molecule has 1 N–H and O–H groups in total. The van der Waals surface area contributed by atoms with E-state index in [2.05, 4.69) is 37.4 Å². The van der Waals surface area contributed by atoms with E-state index >= 15 is 0 Å². The molecule has 0 aliphatic heterocycles. The Labute approximate surface area is 117 Å². The van der Waals surface area contributed by atoms with Crippen LogP contribution in [0.1, 0.15) is 68.7 Å². The van der Waals surface area contributed by atoms with Crippen LogP contribution in [0, 0.1) is 5.92 Å². The van der Waals surface area contributed by atoms with Gasteiger partial charge in [0.15, 0.2) is 0 Å². The van der Waals surface area contributed by atoms with Crippen molar-refractivity contribution < 1.29 is 0 Å². The smallest absolute Gasteiger partial charge is 0.0294 e. The quantitative estimate of drug-likeness (QED) is 0.824. The molecule has 0 saturated heterocycles. The van der Waals surface area contributed by atoms with Gasteiger partial charge < -0.3 is 5.32 Å². The van der Waals surface area contributed by atoms with Crippen LogP contribution in [0.25, 0.3) is 0 Å². The molecule has 3 unspecified atom stereocenters. The average molecular weight is 257 g/mol. The minimum atomic E-state index is 0.513. The summed E-state index contributed by atoms with van der Waals surface area (Å²) in [7, 11) is 0. The Balaban J connectivity index is 1.62. The van der Waals surface area contributed by atoms with Crippen LogP contribution >= 0.6 is 0 Å². The molecule has 2 aliphatic carbocycles. The molecule has 1 nitrogen and oxygen atoms in total. The molecule has 3 atom stereocenters. The van der Waals surface area contributed by atoms with Gasteiger partial charge in [0.25, 0.3) is 0 Å². The molecule has 2 aliphatic rings. The predicted octanol–water partition coefficient (Wildman–Crippen LogP) is 4.40. The molecular weight excluding hydrogens is 230 g/mol. The number of rotatable bonds is 5. The molecule has 1 heteroatoms. The van der Waals surface area contributed by atoms with Crippen LogP contribution in [-0.2, 0) is 12.8 Å². The maximum absolute atomic E-state index is 3.81. The van der Waals surface area contributed by atoms with E-state index in [4.69, 9.17) is 0 Å². The largest absolute Gasteiger partial charge is 0.307 e. The first-order valence-corrected chi connectivity index (χ1v) is 8.15. The summed E-state index contributed by atoms with van der Waals surface area (Å²) in [6, 6.07) is 8.48. The second-order valence-electron chi connectivity index (χ2n) is 6.51. The van der Waals surface area contributed by atoms with E-state index < -0.39 is 0 Å². The Morgan fingerprint density at radius 2 is 2.00 bits per heavy atom. The second kappa shape index (κ2) is 5.66. The third kappa shape index (κ3) is 3.02. The predicted molar refractivity (Wildman–Crippen MR) is 81.4 cm³/mol. The highest BCUT2D eigenvalue weighted by atomic mass is 15.0. The van der Waals surface area contributed by atoms with Crippen LogP contribution in [0.3, 0.4) is 0 Å². The Kier molecular flexibility index (Phi) is 3.93. The summed E-state index contributed by atoms with van der Waals surface area (Å²) in [5.74, 6) is 0.949. The maximum Gasteiger partial charge on any atom is 0.0294 e. The summed E-state index contributed by atoms with van der Waals surface area (Å²) in [5, 5.41) is 3.81. The summed E-state index contributed by atoms with van der Waals surface area (Å²) < 4.78 is 0. The Morgan fingerprint density at radius 1 is 1.21 bits per heavy atom. The number of hydrogen-bond acceptors (Lipinski definition) is 1. The fraction of sp³-hybridized carbons (Fsp3) is 0.667. The topological polar surface area (TPSA) is 12.0 Å². The van der Waals surface area contributed by atoms with Gasteiger partial charge in [-0.25, -0.2) is 0 Å². The van der Waals surface area contributed by atoms with E-state index in [1.807, 2.05) is 0 Å². The molecule has 1 saturated carbocycles. The molecule has 104 valence electrons. The van der Waals surface area contributed by atoms with Gasteiger partial charge in [-0.05, 0) is 68.1 Å². The fourth-order valence-corrected chi connectivity index (χ4v) is 3.58. The lowest BCUT2D eigenvalue weighted by Gasteiger charge is -2.20. The molecule has 0 amide bonds. The molecular formula is C18H27N.